The largest absolute Gasteiger partial charge is 0.472 e. The first-order chi connectivity index (χ1) is 15.4. The lowest BCUT2D eigenvalue weighted by molar-refractivity contribution is -0.138. The van der Waals surface area contributed by atoms with Gasteiger partial charge in [-0.2, -0.15) is 13.2 Å². The average molecular weight is 446 g/mol. The van der Waals surface area contributed by atoms with Gasteiger partial charge < -0.3 is 9.64 Å². The zero-order valence-corrected chi connectivity index (χ0v) is 17.6. The summed E-state index contributed by atoms with van der Waals surface area (Å²) >= 11 is 0. The van der Waals surface area contributed by atoms with Crippen LogP contribution in [-0.2, 0) is 17.5 Å². The number of amides is 1. The maximum atomic E-state index is 13.2. The Morgan fingerprint density at radius 2 is 1.84 bits per heavy atom. The van der Waals surface area contributed by atoms with Gasteiger partial charge in [0.1, 0.15) is 6.10 Å². The molecule has 3 heterocycles. The second kappa shape index (κ2) is 8.35. The molecular formula is C23H25F3N4O2. The molecule has 0 radical (unpaired) electrons. The minimum absolute atomic E-state index is 0.00339. The van der Waals surface area contributed by atoms with Crippen LogP contribution in [0.2, 0.25) is 0 Å². The summed E-state index contributed by atoms with van der Waals surface area (Å²) in [5.74, 6) is 1.02. The third-order valence-electron chi connectivity index (χ3n) is 6.42. The van der Waals surface area contributed by atoms with Crippen molar-refractivity contribution in [1.82, 2.24) is 19.8 Å². The van der Waals surface area contributed by atoms with E-state index in [1.807, 2.05) is 0 Å². The molecule has 32 heavy (non-hydrogen) atoms. The molecule has 2 aliphatic heterocycles. The average Bonchev–Trinajstić information content (AvgIpc) is 3.55. The number of ether oxygens (including phenoxy) is 1. The highest BCUT2D eigenvalue weighted by molar-refractivity contribution is 5.82. The summed E-state index contributed by atoms with van der Waals surface area (Å²) in [7, 11) is 0. The number of benzene rings is 1. The summed E-state index contributed by atoms with van der Waals surface area (Å²) < 4.78 is 44.4. The maximum Gasteiger partial charge on any atom is 0.416 e. The molecule has 5 rings (SSSR count). The van der Waals surface area contributed by atoms with E-state index in [2.05, 4.69) is 14.9 Å². The first-order valence-electron chi connectivity index (χ1n) is 11.0. The van der Waals surface area contributed by atoms with E-state index in [4.69, 9.17) is 4.74 Å². The number of halogens is 3. The van der Waals surface area contributed by atoms with Crippen molar-refractivity contribution in [2.24, 2.45) is 0 Å². The number of alkyl halides is 3. The fourth-order valence-corrected chi connectivity index (χ4v) is 4.56. The number of carbonyl (C=O) groups excluding carboxylic acids is 1. The third-order valence-corrected chi connectivity index (χ3v) is 6.42. The van der Waals surface area contributed by atoms with Crippen molar-refractivity contribution < 1.29 is 22.7 Å². The highest BCUT2D eigenvalue weighted by atomic mass is 19.4. The number of hydrogen-bond acceptors (Lipinski definition) is 5. The van der Waals surface area contributed by atoms with Gasteiger partial charge >= 0.3 is 6.18 Å². The first-order valence-corrected chi connectivity index (χ1v) is 11.0. The molecule has 6 nitrogen and oxygen atoms in total. The molecule has 3 aliphatic rings. The minimum Gasteiger partial charge on any atom is -0.472 e. The Morgan fingerprint density at radius 3 is 2.50 bits per heavy atom. The van der Waals surface area contributed by atoms with Crippen molar-refractivity contribution in [3.05, 3.63) is 53.5 Å². The van der Waals surface area contributed by atoms with E-state index in [-0.39, 0.29) is 18.1 Å². The Balaban J connectivity index is 1.21. The van der Waals surface area contributed by atoms with E-state index in [0.29, 0.717) is 43.4 Å². The number of nitrogens with zero attached hydrogens (tertiary/aromatic N) is 4. The van der Waals surface area contributed by atoms with Crippen molar-refractivity contribution in [3.63, 3.8) is 0 Å². The lowest BCUT2D eigenvalue weighted by Crippen LogP contribution is -2.42. The fourth-order valence-electron chi connectivity index (χ4n) is 4.56. The van der Waals surface area contributed by atoms with Gasteiger partial charge in [-0.1, -0.05) is 12.1 Å². The van der Waals surface area contributed by atoms with Gasteiger partial charge in [0, 0.05) is 38.5 Å². The number of carbonyl (C=O) groups is 1. The number of fused-ring (bicyclic) bond motifs is 1. The van der Waals surface area contributed by atoms with E-state index >= 15 is 0 Å². The van der Waals surface area contributed by atoms with Crippen LogP contribution in [0.25, 0.3) is 0 Å². The van der Waals surface area contributed by atoms with Gasteiger partial charge in [0.15, 0.2) is 0 Å². The summed E-state index contributed by atoms with van der Waals surface area (Å²) in [6.07, 6.45) is 2.64. The van der Waals surface area contributed by atoms with Gasteiger partial charge in [-0.25, -0.2) is 4.98 Å². The van der Waals surface area contributed by atoms with Gasteiger partial charge in [-0.05, 0) is 37.0 Å². The second-order valence-corrected chi connectivity index (χ2v) is 8.85. The van der Waals surface area contributed by atoms with Gasteiger partial charge in [0.25, 0.3) is 0 Å². The summed E-state index contributed by atoms with van der Waals surface area (Å²) in [6.45, 7) is 2.33. The number of aromatic nitrogens is 2. The summed E-state index contributed by atoms with van der Waals surface area (Å²) in [5.41, 5.74) is 1.02. The Morgan fingerprint density at radius 1 is 1.06 bits per heavy atom. The van der Waals surface area contributed by atoms with E-state index in [0.717, 1.165) is 30.8 Å². The van der Waals surface area contributed by atoms with Crippen LogP contribution in [-0.4, -0.2) is 57.5 Å². The van der Waals surface area contributed by atoms with Gasteiger partial charge in [-0.3, -0.25) is 14.7 Å². The molecule has 1 aromatic heterocycles. The quantitative estimate of drug-likeness (QED) is 0.702. The molecule has 1 saturated carbocycles. The first kappa shape index (κ1) is 21.2. The molecular weight excluding hydrogens is 421 g/mol. The molecule has 0 spiro atoms. The smallest absolute Gasteiger partial charge is 0.416 e. The molecule has 0 bridgehead atoms. The molecule has 9 heteroatoms. The zero-order valence-electron chi connectivity index (χ0n) is 17.6. The Bertz CT molecular complexity index is 961. The van der Waals surface area contributed by atoms with Crippen molar-refractivity contribution >= 4 is 5.91 Å². The predicted molar refractivity (Wildman–Crippen MR) is 110 cm³/mol. The Labute approximate surface area is 184 Å². The molecule has 1 aliphatic carbocycles. The monoisotopic (exact) mass is 446 g/mol. The van der Waals surface area contributed by atoms with Crippen LogP contribution < -0.4 is 4.74 Å². The van der Waals surface area contributed by atoms with Crippen molar-refractivity contribution in [2.45, 2.75) is 56.5 Å². The molecule has 2 aromatic rings. The number of rotatable bonds is 5. The van der Waals surface area contributed by atoms with E-state index in [1.165, 1.54) is 25.0 Å². The highest BCUT2D eigenvalue weighted by Crippen LogP contribution is 2.38. The second-order valence-electron chi connectivity index (χ2n) is 8.85. The molecule has 0 unspecified atom stereocenters. The molecule has 2 saturated heterocycles. The van der Waals surface area contributed by atoms with Crippen LogP contribution in [0.4, 0.5) is 13.2 Å². The van der Waals surface area contributed by atoms with Crippen molar-refractivity contribution in [2.75, 3.05) is 19.6 Å². The lowest BCUT2D eigenvalue weighted by Gasteiger charge is -2.25. The lowest BCUT2D eigenvalue weighted by atomic mass is 10.1. The highest BCUT2D eigenvalue weighted by Gasteiger charge is 2.41. The maximum absolute atomic E-state index is 13.2. The third kappa shape index (κ3) is 4.57. The van der Waals surface area contributed by atoms with Crippen LogP contribution in [0.5, 0.6) is 5.88 Å². The number of hydrogen-bond donors (Lipinski definition) is 0. The van der Waals surface area contributed by atoms with Gasteiger partial charge in [0.05, 0.1) is 29.7 Å². The van der Waals surface area contributed by atoms with Crippen LogP contribution in [0.15, 0.2) is 36.7 Å². The summed E-state index contributed by atoms with van der Waals surface area (Å²) in [4.78, 5) is 25.9. The fraction of sp³-hybridized carbons (Fsp3) is 0.522. The van der Waals surface area contributed by atoms with Crippen LogP contribution in [0.3, 0.4) is 0 Å². The van der Waals surface area contributed by atoms with E-state index in [9.17, 15) is 18.0 Å². The minimum atomic E-state index is -4.36. The normalized spacial score (nSPS) is 24.3. The van der Waals surface area contributed by atoms with Crippen LogP contribution in [0.1, 0.15) is 48.4 Å². The zero-order chi connectivity index (χ0) is 22.3. The van der Waals surface area contributed by atoms with Gasteiger partial charge in [-0.15, -0.1) is 0 Å². The van der Waals surface area contributed by atoms with Gasteiger partial charge in [0.2, 0.25) is 11.8 Å². The standard InChI is InChI=1S/C23H25F3N4O2/c24-23(25,26)17-6-2-15(3-7-17)13-30-9-1-8-29-14-18(10-20(29)22(30)31)32-21-12-27-19(11-28-21)16-4-5-16/h2-3,6-7,11-12,16,18,20H,1,4-5,8-10,13-14H2/t18-,20+/m1/s1. The molecule has 0 N–H and O–H groups in total. The molecule has 1 amide bonds. The summed E-state index contributed by atoms with van der Waals surface area (Å²) in [6, 6.07) is 4.75. The molecule has 2 atom stereocenters. The van der Waals surface area contributed by atoms with Crippen molar-refractivity contribution in [1.29, 1.82) is 0 Å². The van der Waals surface area contributed by atoms with Crippen LogP contribution >= 0.6 is 0 Å². The van der Waals surface area contributed by atoms with Crippen LogP contribution in [0, 0.1) is 0 Å². The Kier molecular flexibility index (Phi) is 5.53. The topological polar surface area (TPSA) is 58.6 Å². The molecule has 170 valence electrons. The predicted octanol–water partition coefficient (Wildman–Crippen LogP) is 3.63. The summed E-state index contributed by atoms with van der Waals surface area (Å²) in [5, 5.41) is 0. The molecule has 3 fully saturated rings. The van der Waals surface area contributed by atoms with E-state index < -0.39 is 11.7 Å². The van der Waals surface area contributed by atoms with Crippen molar-refractivity contribution in [3.8, 4) is 5.88 Å². The Hall–Kier alpha value is -2.68. The SMILES string of the molecule is O=C1[C@@H]2C[C@@H](Oc3cnc(C4CC4)cn3)CN2CCCN1Cc1ccc(C(F)(F)F)cc1. The molecule has 1 aromatic carbocycles. The van der Waals surface area contributed by atoms with E-state index in [1.54, 1.807) is 17.3 Å².